The zero-order valence-corrected chi connectivity index (χ0v) is 21.6. The molecule has 10 nitrogen and oxygen atoms in total. The summed E-state index contributed by atoms with van der Waals surface area (Å²) in [4.78, 5) is 27.0. The average Bonchev–Trinajstić information content (AvgIpc) is 3.33. The number of amides is 2. The molecule has 204 valence electrons. The summed E-state index contributed by atoms with van der Waals surface area (Å²) in [6.45, 7) is 10.7. The van der Waals surface area contributed by atoms with Crippen LogP contribution in [0.3, 0.4) is 0 Å². The van der Waals surface area contributed by atoms with E-state index in [2.05, 4.69) is 30.8 Å². The highest BCUT2D eigenvalue weighted by molar-refractivity contribution is 5.78. The van der Waals surface area contributed by atoms with Crippen LogP contribution in [0.1, 0.15) is 52.3 Å². The second kappa shape index (κ2) is 9.95. The van der Waals surface area contributed by atoms with Gasteiger partial charge in [0.15, 0.2) is 17.5 Å². The molecule has 3 N–H and O–H groups in total. The van der Waals surface area contributed by atoms with Crippen molar-refractivity contribution in [2.75, 3.05) is 36.8 Å². The molecule has 4 rings (SSSR count). The van der Waals surface area contributed by atoms with Crippen molar-refractivity contribution in [2.45, 2.75) is 71.4 Å². The molecule has 2 aliphatic rings. The maximum absolute atomic E-state index is 14.4. The number of hydrogen-bond donors (Lipinski definition) is 3. The Morgan fingerprint density at radius 2 is 1.95 bits per heavy atom. The third-order valence-corrected chi connectivity index (χ3v) is 7.06. The number of alkyl halides is 3. The molecule has 37 heavy (non-hydrogen) atoms. The number of nitrogens with one attached hydrogen (secondary N) is 3. The molecule has 0 aliphatic carbocycles. The van der Waals surface area contributed by atoms with Crippen LogP contribution in [0, 0.1) is 5.82 Å². The van der Waals surface area contributed by atoms with Crippen molar-refractivity contribution in [3.63, 3.8) is 0 Å². The van der Waals surface area contributed by atoms with Crippen LogP contribution in [0.25, 0.3) is 0 Å². The van der Waals surface area contributed by atoms with E-state index >= 15 is 0 Å². The molecule has 0 saturated carbocycles. The first kappa shape index (κ1) is 26.9. The van der Waals surface area contributed by atoms with E-state index in [9.17, 15) is 22.4 Å². The van der Waals surface area contributed by atoms with Crippen LogP contribution in [-0.4, -0.2) is 85.3 Å². The normalized spacial score (nSPS) is 21.8. The monoisotopic (exact) mass is 527 g/mol. The molecule has 2 aliphatic heterocycles. The molecule has 2 aromatic heterocycles. The van der Waals surface area contributed by atoms with Crippen LogP contribution in [0.15, 0.2) is 6.20 Å². The summed E-state index contributed by atoms with van der Waals surface area (Å²) in [6, 6.07) is -0.684. The topological polar surface area (TPSA) is 105 Å². The summed E-state index contributed by atoms with van der Waals surface area (Å²) in [5.74, 6) is -0.0555. The molecule has 2 amide bonds. The molecule has 0 aromatic carbocycles. The Morgan fingerprint density at radius 3 is 2.62 bits per heavy atom. The molecule has 14 heteroatoms. The fourth-order valence-corrected chi connectivity index (χ4v) is 4.94. The molecule has 1 saturated heterocycles. The van der Waals surface area contributed by atoms with Crippen LogP contribution < -0.4 is 10.6 Å². The summed E-state index contributed by atoms with van der Waals surface area (Å²) in [6.07, 6.45) is -4.03. The quantitative estimate of drug-likeness (QED) is 0.487. The Morgan fingerprint density at radius 1 is 1.22 bits per heavy atom. The Balaban J connectivity index is 1.49. The van der Waals surface area contributed by atoms with Gasteiger partial charge in [-0.05, 0) is 34.6 Å². The minimum absolute atomic E-state index is 0.0414. The first-order valence-electron chi connectivity index (χ1n) is 12.3. The van der Waals surface area contributed by atoms with Crippen molar-refractivity contribution >= 4 is 23.6 Å². The number of urea groups is 1. The van der Waals surface area contributed by atoms with Gasteiger partial charge in [-0.25, -0.2) is 14.2 Å². The minimum atomic E-state index is -4.22. The van der Waals surface area contributed by atoms with Gasteiger partial charge >= 0.3 is 12.2 Å². The Kier molecular flexibility index (Phi) is 7.23. The van der Waals surface area contributed by atoms with Gasteiger partial charge in [-0.3, -0.25) is 10.00 Å². The molecule has 1 unspecified atom stereocenters. The summed E-state index contributed by atoms with van der Waals surface area (Å²) in [5.41, 5.74) is 0.689. The predicted molar refractivity (Wildman–Crippen MR) is 130 cm³/mol. The summed E-state index contributed by atoms with van der Waals surface area (Å²) < 4.78 is 52.6. The Hall–Kier alpha value is -3.16. The molecular weight excluding hydrogens is 494 g/mol. The zero-order chi connectivity index (χ0) is 27.1. The highest BCUT2D eigenvalue weighted by Crippen LogP contribution is 2.42. The van der Waals surface area contributed by atoms with E-state index in [1.165, 1.54) is 0 Å². The largest absolute Gasteiger partial charge is 0.390 e. The second-order valence-corrected chi connectivity index (χ2v) is 10.1. The van der Waals surface area contributed by atoms with Gasteiger partial charge in [0, 0.05) is 43.8 Å². The van der Waals surface area contributed by atoms with Crippen LogP contribution in [0.2, 0.25) is 0 Å². The number of carbonyl (C=O) groups excluding carboxylic acids is 1. The Labute approximate surface area is 212 Å². The number of aromatic nitrogens is 4. The predicted octanol–water partition coefficient (Wildman–Crippen LogP) is 4.03. The van der Waals surface area contributed by atoms with Crippen molar-refractivity contribution in [2.24, 2.45) is 0 Å². The maximum Gasteiger partial charge on any atom is 0.390 e. The van der Waals surface area contributed by atoms with Gasteiger partial charge in [0.25, 0.3) is 0 Å². The lowest BCUT2D eigenvalue weighted by atomic mass is 10.0. The number of halogens is 4. The smallest absolute Gasteiger partial charge is 0.354 e. The summed E-state index contributed by atoms with van der Waals surface area (Å²) in [7, 11) is 0. The lowest BCUT2D eigenvalue weighted by molar-refractivity contribution is -0.140. The van der Waals surface area contributed by atoms with Crippen LogP contribution in [0.4, 0.5) is 39.9 Å². The van der Waals surface area contributed by atoms with Crippen LogP contribution in [0.5, 0.6) is 0 Å². The number of H-pyrrole nitrogens is 1. The SMILES string of the molecule is CCNc1ncc(F)c(Nc2n[nH]c3c2CN(C(=O)N2CC(C)N(CCC(F)(F)F)C[C@@H]2C)C3(C)C)n1. The van der Waals surface area contributed by atoms with Crippen molar-refractivity contribution in [3.8, 4) is 0 Å². The lowest BCUT2D eigenvalue weighted by Gasteiger charge is -2.46. The van der Waals surface area contributed by atoms with Crippen molar-refractivity contribution in [1.29, 1.82) is 0 Å². The molecule has 0 radical (unpaired) electrons. The van der Waals surface area contributed by atoms with Gasteiger partial charge in [-0.15, -0.1) is 0 Å². The third kappa shape index (κ3) is 5.43. The second-order valence-electron chi connectivity index (χ2n) is 10.1. The van der Waals surface area contributed by atoms with Crippen molar-refractivity contribution in [1.82, 2.24) is 34.9 Å². The molecule has 2 aromatic rings. The minimum Gasteiger partial charge on any atom is -0.354 e. The van der Waals surface area contributed by atoms with Gasteiger partial charge in [-0.2, -0.15) is 23.3 Å². The van der Waals surface area contributed by atoms with E-state index in [1.807, 2.05) is 34.6 Å². The first-order chi connectivity index (χ1) is 17.3. The molecule has 4 heterocycles. The van der Waals surface area contributed by atoms with Gasteiger partial charge < -0.3 is 20.4 Å². The summed E-state index contributed by atoms with van der Waals surface area (Å²) in [5, 5.41) is 13.1. The standard InChI is InChI=1S/C23H33F4N9O/c1-6-28-20-29-9-16(24)19(31-20)30-18-15-12-36(22(4,5)17(15)32-33-18)21(37)35-11-13(2)34(10-14(35)3)8-7-23(25,26)27/h9,13-14H,6-8,10-12H2,1-5H3,(H3,28,29,30,31,32,33)/t13?,14-/m0/s1. The van der Waals surface area contributed by atoms with E-state index in [0.717, 1.165) is 6.20 Å². The molecule has 0 bridgehead atoms. The van der Waals surface area contributed by atoms with E-state index in [-0.39, 0.29) is 43.0 Å². The van der Waals surface area contributed by atoms with Gasteiger partial charge in [-0.1, -0.05) is 0 Å². The van der Waals surface area contributed by atoms with E-state index < -0.39 is 24.0 Å². The number of nitrogens with zero attached hydrogens (tertiary/aromatic N) is 6. The average molecular weight is 528 g/mol. The van der Waals surface area contributed by atoms with Gasteiger partial charge in [0.2, 0.25) is 5.95 Å². The van der Waals surface area contributed by atoms with E-state index in [0.29, 0.717) is 36.7 Å². The number of rotatable bonds is 6. The van der Waals surface area contributed by atoms with E-state index in [4.69, 9.17) is 0 Å². The first-order valence-corrected chi connectivity index (χ1v) is 12.3. The number of aromatic amines is 1. The van der Waals surface area contributed by atoms with Crippen molar-refractivity contribution in [3.05, 3.63) is 23.3 Å². The van der Waals surface area contributed by atoms with Crippen LogP contribution >= 0.6 is 0 Å². The van der Waals surface area contributed by atoms with Gasteiger partial charge in [0.05, 0.1) is 30.4 Å². The molecule has 2 atom stereocenters. The third-order valence-electron chi connectivity index (χ3n) is 7.06. The fraction of sp³-hybridized carbons (Fsp3) is 0.652. The van der Waals surface area contributed by atoms with E-state index in [1.54, 1.807) is 14.7 Å². The van der Waals surface area contributed by atoms with Crippen LogP contribution in [-0.2, 0) is 12.1 Å². The van der Waals surface area contributed by atoms with Crippen molar-refractivity contribution < 1.29 is 22.4 Å². The number of hydrogen-bond acceptors (Lipinski definition) is 7. The molecule has 1 fully saturated rings. The highest BCUT2D eigenvalue weighted by Gasteiger charge is 2.47. The van der Waals surface area contributed by atoms with Gasteiger partial charge in [0.1, 0.15) is 0 Å². The number of anilines is 3. The summed E-state index contributed by atoms with van der Waals surface area (Å²) >= 11 is 0. The highest BCUT2D eigenvalue weighted by atomic mass is 19.4. The molecular formula is C23H33F4N9O. The maximum atomic E-state index is 14.4. The number of carbonyl (C=O) groups is 1. The zero-order valence-electron chi connectivity index (χ0n) is 21.6. The number of piperazine rings is 1. The lowest BCUT2D eigenvalue weighted by Crippen LogP contribution is -2.61. The Bertz CT molecular complexity index is 1140. The fourth-order valence-electron chi connectivity index (χ4n) is 4.94. The number of fused-ring (bicyclic) bond motifs is 1. The molecule has 0 spiro atoms.